The molecule has 12 heavy (non-hydrogen) atoms. The molecule has 5 heteroatoms. The molecule has 0 spiro atoms. The van der Waals surface area contributed by atoms with Crippen LogP contribution in [-0.2, 0) is 9.59 Å². The van der Waals surface area contributed by atoms with E-state index in [9.17, 15) is 9.59 Å². The molecular formula is C7H11NO4. The summed E-state index contributed by atoms with van der Waals surface area (Å²) in [6.07, 6.45) is 1.48. The number of ketones is 1. The van der Waals surface area contributed by atoms with Crippen molar-refractivity contribution in [2.24, 2.45) is 0 Å². The second kappa shape index (κ2) is 4.63. The van der Waals surface area contributed by atoms with E-state index < -0.39 is 17.8 Å². The Hall–Kier alpha value is -1.20. The van der Waals surface area contributed by atoms with E-state index in [0.29, 0.717) is 5.57 Å². The van der Waals surface area contributed by atoms with Gasteiger partial charge in [0.05, 0.1) is 0 Å². The number of rotatable bonds is 4. The Morgan fingerprint density at radius 2 is 2.00 bits per heavy atom. The number of hydrogen-bond acceptors (Lipinski definition) is 4. The van der Waals surface area contributed by atoms with Gasteiger partial charge in [-0.15, -0.1) is 0 Å². The summed E-state index contributed by atoms with van der Waals surface area (Å²) in [5.74, 6) is -2.05. The normalized spacial score (nSPS) is 14.1. The molecule has 0 aliphatic heterocycles. The number of carbonyl (C=O) groups excluding carboxylic acids is 1. The van der Waals surface area contributed by atoms with Gasteiger partial charge in [-0.3, -0.25) is 4.79 Å². The Morgan fingerprint density at radius 1 is 1.50 bits per heavy atom. The average molecular weight is 173 g/mol. The molecule has 0 saturated heterocycles. The zero-order valence-electron chi connectivity index (χ0n) is 6.87. The standard InChI is InChI=1S/C7H11NO4/c1-3-4(2)6(9)5(8-12)7(10)11/h3,5,8,12H,1-2H3,(H,10,11)/b4-3+. The third-order valence-electron chi connectivity index (χ3n) is 1.46. The molecule has 0 aromatic carbocycles. The van der Waals surface area contributed by atoms with Crippen LogP contribution in [0.15, 0.2) is 11.6 Å². The molecule has 0 radical (unpaired) electrons. The van der Waals surface area contributed by atoms with E-state index in [4.69, 9.17) is 10.3 Å². The lowest BCUT2D eigenvalue weighted by Gasteiger charge is -2.07. The van der Waals surface area contributed by atoms with E-state index in [1.54, 1.807) is 6.92 Å². The Labute approximate surface area is 69.7 Å². The summed E-state index contributed by atoms with van der Waals surface area (Å²) in [6, 6.07) is -1.57. The predicted molar refractivity (Wildman–Crippen MR) is 40.8 cm³/mol. The van der Waals surface area contributed by atoms with Gasteiger partial charge in [-0.05, 0) is 19.4 Å². The van der Waals surface area contributed by atoms with Gasteiger partial charge in [0.2, 0.25) is 0 Å². The number of allylic oxidation sites excluding steroid dienone is 1. The molecular weight excluding hydrogens is 162 g/mol. The van der Waals surface area contributed by atoms with Gasteiger partial charge < -0.3 is 10.3 Å². The highest BCUT2D eigenvalue weighted by atomic mass is 16.5. The van der Waals surface area contributed by atoms with E-state index in [-0.39, 0.29) is 0 Å². The van der Waals surface area contributed by atoms with E-state index in [1.165, 1.54) is 18.5 Å². The zero-order valence-corrected chi connectivity index (χ0v) is 6.87. The van der Waals surface area contributed by atoms with Crippen molar-refractivity contribution >= 4 is 11.8 Å². The highest BCUT2D eigenvalue weighted by Crippen LogP contribution is 1.99. The van der Waals surface area contributed by atoms with Crippen LogP contribution in [0.4, 0.5) is 0 Å². The molecule has 0 heterocycles. The smallest absolute Gasteiger partial charge is 0.331 e. The second-order valence-electron chi connectivity index (χ2n) is 2.24. The maximum Gasteiger partial charge on any atom is 0.331 e. The van der Waals surface area contributed by atoms with Crippen LogP contribution in [0.5, 0.6) is 0 Å². The summed E-state index contributed by atoms with van der Waals surface area (Å²) in [4.78, 5) is 21.4. The van der Waals surface area contributed by atoms with Crippen molar-refractivity contribution in [1.29, 1.82) is 0 Å². The van der Waals surface area contributed by atoms with E-state index in [2.05, 4.69) is 0 Å². The van der Waals surface area contributed by atoms with E-state index >= 15 is 0 Å². The first-order valence-electron chi connectivity index (χ1n) is 3.34. The first kappa shape index (κ1) is 10.8. The number of carboxylic acid groups (broad SMARTS) is 1. The summed E-state index contributed by atoms with van der Waals surface area (Å²) in [5.41, 5.74) is 1.72. The molecule has 5 nitrogen and oxygen atoms in total. The number of nitrogens with one attached hydrogen (secondary N) is 1. The summed E-state index contributed by atoms with van der Waals surface area (Å²) < 4.78 is 0. The summed E-state index contributed by atoms with van der Waals surface area (Å²) >= 11 is 0. The largest absolute Gasteiger partial charge is 0.480 e. The summed E-state index contributed by atoms with van der Waals surface area (Å²) in [5, 5.41) is 16.7. The molecule has 0 fully saturated rings. The third kappa shape index (κ3) is 2.44. The lowest BCUT2D eigenvalue weighted by atomic mass is 10.1. The maximum atomic E-state index is 11.1. The van der Waals surface area contributed by atoms with Crippen molar-refractivity contribution in [3.05, 3.63) is 11.6 Å². The Balaban J connectivity index is 4.54. The topological polar surface area (TPSA) is 86.6 Å². The molecule has 0 saturated carbocycles. The highest BCUT2D eigenvalue weighted by Gasteiger charge is 2.25. The first-order chi connectivity index (χ1) is 5.54. The molecule has 1 unspecified atom stereocenters. The molecule has 0 aliphatic rings. The second-order valence-corrected chi connectivity index (χ2v) is 2.24. The van der Waals surface area contributed by atoms with Crippen molar-refractivity contribution in [3.8, 4) is 0 Å². The minimum absolute atomic E-state index is 0.295. The fourth-order valence-corrected chi connectivity index (χ4v) is 0.596. The van der Waals surface area contributed by atoms with Crippen LogP contribution in [0.25, 0.3) is 0 Å². The number of hydrogen-bond donors (Lipinski definition) is 3. The number of aliphatic carboxylic acids is 1. The van der Waals surface area contributed by atoms with Crippen LogP contribution in [0.3, 0.4) is 0 Å². The van der Waals surface area contributed by atoms with Crippen LogP contribution in [-0.4, -0.2) is 28.1 Å². The average Bonchev–Trinajstić information content (AvgIpc) is 2.03. The van der Waals surface area contributed by atoms with Crippen LogP contribution in [0.1, 0.15) is 13.8 Å². The predicted octanol–water partition coefficient (Wildman–Crippen LogP) is -0.0463. The van der Waals surface area contributed by atoms with Gasteiger partial charge in [0.1, 0.15) is 0 Å². The molecule has 0 aromatic rings. The maximum absolute atomic E-state index is 11.1. The fourth-order valence-electron chi connectivity index (χ4n) is 0.596. The van der Waals surface area contributed by atoms with Crippen LogP contribution in [0.2, 0.25) is 0 Å². The van der Waals surface area contributed by atoms with E-state index in [1.807, 2.05) is 0 Å². The molecule has 68 valence electrons. The Morgan fingerprint density at radius 3 is 2.25 bits per heavy atom. The molecule has 0 aliphatic carbocycles. The van der Waals surface area contributed by atoms with Gasteiger partial charge in [0, 0.05) is 0 Å². The van der Waals surface area contributed by atoms with Gasteiger partial charge >= 0.3 is 5.97 Å². The minimum Gasteiger partial charge on any atom is -0.480 e. The first-order valence-corrected chi connectivity index (χ1v) is 3.34. The van der Waals surface area contributed by atoms with Gasteiger partial charge in [-0.25, -0.2) is 4.79 Å². The van der Waals surface area contributed by atoms with E-state index in [0.717, 1.165) is 0 Å². The SMILES string of the molecule is C/C=C(\C)C(=O)C(NO)C(=O)O. The van der Waals surface area contributed by atoms with Crippen LogP contribution in [0, 0.1) is 0 Å². The highest BCUT2D eigenvalue weighted by molar-refractivity contribution is 6.10. The molecule has 0 rings (SSSR count). The summed E-state index contributed by atoms with van der Waals surface area (Å²) in [7, 11) is 0. The van der Waals surface area contributed by atoms with Gasteiger partial charge in [0.25, 0.3) is 0 Å². The fraction of sp³-hybridized carbons (Fsp3) is 0.429. The Bertz CT molecular complexity index is 221. The monoisotopic (exact) mass is 173 g/mol. The quantitative estimate of drug-likeness (QED) is 0.315. The van der Waals surface area contributed by atoms with Gasteiger partial charge in [-0.2, -0.15) is 5.48 Å². The Kier molecular flexibility index (Phi) is 4.17. The van der Waals surface area contributed by atoms with Crippen LogP contribution >= 0.6 is 0 Å². The number of Topliss-reactive ketones (excluding diaryl/α,β-unsaturated/α-hetero) is 1. The lowest BCUT2D eigenvalue weighted by molar-refractivity contribution is -0.145. The van der Waals surface area contributed by atoms with Gasteiger partial charge in [-0.1, -0.05) is 6.08 Å². The van der Waals surface area contributed by atoms with Crippen molar-refractivity contribution in [2.75, 3.05) is 0 Å². The van der Waals surface area contributed by atoms with Crippen molar-refractivity contribution in [2.45, 2.75) is 19.9 Å². The number of carbonyl (C=O) groups is 2. The third-order valence-corrected chi connectivity index (χ3v) is 1.46. The molecule has 3 N–H and O–H groups in total. The summed E-state index contributed by atoms with van der Waals surface area (Å²) in [6.45, 7) is 3.10. The number of carboxylic acids is 1. The zero-order chi connectivity index (χ0) is 9.72. The molecule has 0 bridgehead atoms. The number of hydroxylamine groups is 1. The lowest BCUT2D eigenvalue weighted by Crippen LogP contribution is -2.42. The van der Waals surface area contributed by atoms with Crippen molar-refractivity contribution in [1.82, 2.24) is 5.48 Å². The van der Waals surface area contributed by atoms with Crippen LogP contribution < -0.4 is 5.48 Å². The molecule has 1 atom stereocenters. The van der Waals surface area contributed by atoms with Crippen molar-refractivity contribution < 1.29 is 19.9 Å². The van der Waals surface area contributed by atoms with Gasteiger partial charge in [0.15, 0.2) is 11.8 Å². The molecule has 0 aromatic heterocycles. The minimum atomic E-state index is -1.57. The van der Waals surface area contributed by atoms with Crippen molar-refractivity contribution in [3.63, 3.8) is 0 Å². The molecule has 0 amide bonds.